The molecule has 2 heterocycles. The van der Waals surface area contributed by atoms with E-state index in [1.807, 2.05) is 16.7 Å². The molecule has 1 N–H and O–H groups in total. The van der Waals surface area contributed by atoms with Gasteiger partial charge >= 0.3 is 0 Å². The highest BCUT2D eigenvalue weighted by Crippen LogP contribution is 2.27. The lowest BCUT2D eigenvalue weighted by atomic mass is 10.2. The lowest BCUT2D eigenvalue weighted by Crippen LogP contribution is -2.23. The summed E-state index contributed by atoms with van der Waals surface area (Å²) in [5, 5.41) is 11.1. The number of para-hydroxylation sites is 1. The van der Waals surface area contributed by atoms with Crippen LogP contribution >= 0.6 is 11.8 Å². The molecule has 1 aromatic carbocycles. The topological polar surface area (TPSA) is 72.7 Å². The second-order valence-corrected chi connectivity index (χ2v) is 6.98. The van der Waals surface area contributed by atoms with Gasteiger partial charge in [-0.1, -0.05) is 30.0 Å². The number of nitrogens with zero attached hydrogens (tertiary/aromatic N) is 4. The zero-order valence-corrected chi connectivity index (χ0v) is 15.5. The van der Waals surface area contributed by atoms with Crippen LogP contribution in [-0.2, 0) is 11.3 Å². The van der Waals surface area contributed by atoms with Gasteiger partial charge in [-0.3, -0.25) is 14.3 Å². The van der Waals surface area contributed by atoms with E-state index in [9.17, 15) is 9.18 Å². The summed E-state index contributed by atoms with van der Waals surface area (Å²) in [6.07, 6.45) is 5.10. The van der Waals surface area contributed by atoms with Crippen molar-refractivity contribution < 1.29 is 9.18 Å². The predicted octanol–water partition coefficient (Wildman–Crippen LogP) is 3.78. The average Bonchev–Trinajstić information content (AvgIpc) is 3.07. The van der Waals surface area contributed by atoms with Crippen LogP contribution in [0.15, 0.2) is 66.6 Å². The number of allylic oxidation sites excluding steroid dienone is 1. The third-order valence-electron chi connectivity index (χ3n) is 3.75. The third-order valence-corrected chi connectivity index (χ3v) is 4.83. The Kier molecular flexibility index (Phi) is 5.97. The summed E-state index contributed by atoms with van der Waals surface area (Å²) in [6.45, 7) is 6.00. The van der Waals surface area contributed by atoms with E-state index in [4.69, 9.17) is 0 Å². The van der Waals surface area contributed by atoms with Crippen molar-refractivity contribution in [1.82, 2.24) is 19.7 Å². The number of aromatic nitrogens is 4. The van der Waals surface area contributed by atoms with Gasteiger partial charge < -0.3 is 5.32 Å². The lowest BCUT2D eigenvalue weighted by Gasteiger charge is -2.13. The summed E-state index contributed by atoms with van der Waals surface area (Å²) in [7, 11) is 0. The van der Waals surface area contributed by atoms with Crippen molar-refractivity contribution in [3.63, 3.8) is 0 Å². The van der Waals surface area contributed by atoms with E-state index in [0.29, 0.717) is 17.5 Å². The first-order valence-electron chi connectivity index (χ1n) is 8.26. The van der Waals surface area contributed by atoms with Crippen molar-refractivity contribution >= 4 is 23.4 Å². The highest BCUT2D eigenvalue weighted by Gasteiger charge is 2.21. The Morgan fingerprint density at radius 2 is 2.04 bits per heavy atom. The first-order chi connectivity index (χ1) is 13.1. The molecule has 0 aliphatic rings. The van der Waals surface area contributed by atoms with E-state index >= 15 is 0 Å². The molecule has 0 bridgehead atoms. The number of thioether (sulfide) groups is 1. The van der Waals surface area contributed by atoms with Crippen LogP contribution in [0.1, 0.15) is 6.92 Å². The van der Waals surface area contributed by atoms with Crippen LogP contribution in [-0.4, -0.2) is 30.9 Å². The first-order valence-corrected chi connectivity index (χ1v) is 9.14. The van der Waals surface area contributed by atoms with Crippen molar-refractivity contribution in [3.8, 4) is 11.4 Å². The zero-order chi connectivity index (χ0) is 19.2. The van der Waals surface area contributed by atoms with E-state index < -0.39 is 11.1 Å². The van der Waals surface area contributed by atoms with Gasteiger partial charge in [0.2, 0.25) is 5.91 Å². The molecule has 0 aliphatic heterocycles. The fourth-order valence-corrected chi connectivity index (χ4v) is 3.25. The van der Waals surface area contributed by atoms with Crippen LogP contribution in [0.5, 0.6) is 0 Å². The summed E-state index contributed by atoms with van der Waals surface area (Å²) < 4.78 is 15.6. The van der Waals surface area contributed by atoms with Crippen LogP contribution in [0.3, 0.4) is 0 Å². The molecular weight excluding hydrogens is 365 g/mol. The molecule has 3 aromatic rings. The maximum atomic E-state index is 13.7. The van der Waals surface area contributed by atoms with Gasteiger partial charge in [0.25, 0.3) is 0 Å². The molecule has 2 aromatic heterocycles. The molecule has 1 amide bonds. The Hall–Kier alpha value is -3.00. The summed E-state index contributed by atoms with van der Waals surface area (Å²) in [5.74, 6) is -0.122. The molecule has 138 valence electrons. The summed E-state index contributed by atoms with van der Waals surface area (Å²) in [6, 6.07) is 9.74. The SMILES string of the molecule is C=CCn1c(S[C@H](C)C(=O)Nc2ccccc2F)nnc1-c1ccncc1. The van der Waals surface area contributed by atoms with E-state index in [0.717, 1.165) is 5.56 Å². The van der Waals surface area contributed by atoms with Crippen molar-refractivity contribution in [3.05, 3.63) is 67.3 Å². The number of nitrogens with one attached hydrogen (secondary N) is 1. The van der Waals surface area contributed by atoms with Crippen LogP contribution in [0.4, 0.5) is 10.1 Å². The number of halogens is 1. The number of carbonyl (C=O) groups excluding carboxylic acids is 1. The predicted molar refractivity (Wildman–Crippen MR) is 104 cm³/mol. The second kappa shape index (κ2) is 8.59. The van der Waals surface area contributed by atoms with Crippen molar-refractivity contribution in [2.45, 2.75) is 23.9 Å². The van der Waals surface area contributed by atoms with Gasteiger partial charge in [0.1, 0.15) is 5.82 Å². The van der Waals surface area contributed by atoms with Crippen molar-refractivity contribution in [2.24, 2.45) is 0 Å². The van der Waals surface area contributed by atoms with Crippen molar-refractivity contribution in [2.75, 3.05) is 5.32 Å². The normalized spacial score (nSPS) is 11.8. The fourth-order valence-electron chi connectivity index (χ4n) is 2.39. The Morgan fingerprint density at radius 3 is 2.74 bits per heavy atom. The number of rotatable bonds is 7. The number of hydrogen-bond acceptors (Lipinski definition) is 5. The Labute approximate surface area is 160 Å². The number of benzene rings is 1. The summed E-state index contributed by atoms with van der Waals surface area (Å²) >= 11 is 1.25. The number of hydrogen-bond donors (Lipinski definition) is 1. The van der Waals surface area contributed by atoms with Gasteiger partial charge in [0.05, 0.1) is 10.9 Å². The van der Waals surface area contributed by atoms with E-state index in [2.05, 4.69) is 27.1 Å². The molecule has 3 rings (SSSR count). The average molecular weight is 383 g/mol. The molecule has 0 fully saturated rings. The number of pyridine rings is 1. The van der Waals surface area contributed by atoms with Gasteiger partial charge in [-0.15, -0.1) is 16.8 Å². The maximum Gasteiger partial charge on any atom is 0.237 e. The van der Waals surface area contributed by atoms with Gasteiger partial charge in [-0.05, 0) is 31.2 Å². The number of anilines is 1. The highest BCUT2D eigenvalue weighted by atomic mass is 32.2. The third kappa shape index (κ3) is 4.40. The molecule has 27 heavy (non-hydrogen) atoms. The largest absolute Gasteiger partial charge is 0.323 e. The minimum absolute atomic E-state index is 0.153. The minimum Gasteiger partial charge on any atom is -0.323 e. The quantitative estimate of drug-likeness (QED) is 0.496. The Bertz CT molecular complexity index is 944. The molecule has 8 heteroatoms. The van der Waals surface area contributed by atoms with Crippen LogP contribution < -0.4 is 5.32 Å². The maximum absolute atomic E-state index is 13.7. The van der Waals surface area contributed by atoms with Gasteiger partial charge in [0, 0.05) is 24.5 Å². The van der Waals surface area contributed by atoms with Crippen LogP contribution in [0.25, 0.3) is 11.4 Å². The lowest BCUT2D eigenvalue weighted by molar-refractivity contribution is -0.115. The highest BCUT2D eigenvalue weighted by molar-refractivity contribution is 8.00. The minimum atomic E-state index is -0.498. The first kappa shape index (κ1) is 18.8. The molecule has 0 saturated heterocycles. The molecule has 0 unspecified atom stereocenters. The summed E-state index contributed by atoms with van der Waals surface area (Å²) in [5.41, 5.74) is 1.02. The fraction of sp³-hybridized carbons (Fsp3) is 0.158. The number of carbonyl (C=O) groups is 1. The van der Waals surface area contributed by atoms with Crippen LogP contribution in [0.2, 0.25) is 0 Å². The standard InChI is InChI=1S/C19H18FN5OS/c1-3-12-25-17(14-8-10-21-11-9-14)23-24-19(25)27-13(2)18(26)22-16-7-5-4-6-15(16)20/h3-11,13H,1,12H2,2H3,(H,22,26)/t13-/m1/s1. The zero-order valence-electron chi connectivity index (χ0n) is 14.7. The van der Waals surface area contributed by atoms with E-state index in [1.54, 1.807) is 37.5 Å². The van der Waals surface area contributed by atoms with Gasteiger partial charge in [-0.25, -0.2) is 4.39 Å². The molecule has 0 radical (unpaired) electrons. The Morgan fingerprint density at radius 1 is 1.30 bits per heavy atom. The van der Waals surface area contributed by atoms with Gasteiger partial charge in [-0.2, -0.15) is 0 Å². The monoisotopic (exact) mass is 383 g/mol. The molecular formula is C19H18FN5OS. The number of amides is 1. The van der Waals surface area contributed by atoms with Gasteiger partial charge in [0.15, 0.2) is 11.0 Å². The molecule has 0 aliphatic carbocycles. The summed E-state index contributed by atoms with van der Waals surface area (Å²) in [4.78, 5) is 16.4. The molecule has 0 saturated carbocycles. The van der Waals surface area contributed by atoms with E-state index in [-0.39, 0.29) is 11.6 Å². The molecule has 0 spiro atoms. The second-order valence-electron chi connectivity index (χ2n) is 5.67. The van der Waals surface area contributed by atoms with Crippen LogP contribution in [0, 0.1) is 5.82 Å². The van der Waals surface area contributed by atoms with Crippen molar-refractivity contribution in [1.29, 1.82) is 0 Å². The smallest absolute Gasteiger partial charge is 0.237 e. The Balaban J connectivity index is 1.78. The molecule has 1 atom stereocenters. The molecule has 6 nitrogen and oxygen atoms in total. The van der Waals surface area contributed by atoms with E-state index in [1.165, 1.54) is 23.9 Å².